The van der Waals surface area contributed by atoms with Gasteiger partial charge in [-0.25, -0.2) is 0 Å². The van der Waals surface area contributed by atoms with Gasteiger partial charge in [0.2, 0.25) is 11.5 Å². The average molecular weight is 732 g/mol. The highest BCUT2D eigenvalue weighted by atomic mass is 79.9. The molecule has 0 N–H and O–H groups in total. The molecule has 0 saturated carbocycles. The predicted molar refractivity (Wildman–Crippen MR) is 176 cm³/mol. The van der Waals surface area contributed by atoms with Crippen molar-refractivity contribution in [3.63, 3.8) is 0 Å². The predicted octanol–water partition coefficient (Wildman–Crippen LogP) is 8.48. The van der Waals surface area contributed by atoms with Crippen LogP contribution in [0.3, 0.4) is 0 Å². The molecule has 0 aromatic heterocycles. The Labute approximate surface area is 275 Å². The van der Waals surface area contributed by atoms with Crippen LogP contribution >= 0.6 is 31.9 Å². The summed E-state index contributed by atoms with van der Waals surface area (Å²) in [6.45, 7) is 0.439. The Kier molecular flexibility index (Phi) is 12.2. The number of hydrogen-bond acceptors (Lipinski definition) is 8. The highest BCUT2D eigenvalue weighted by Gasteiger charge is 2.29. The molecule has 4 aromatic rings. The van der Waals surface area contributed by atoms with Gasteiger partial charge in [-0.1, -0.05) is 60.7 Å². The van der Waals surface area contributed by atoms with Crippen LogP contribution in [0.2, 0.25) is 0 Å². The summed E-state index contributed by atoms with van der Waals surface area (Å²) in [7, 11) is 9.48. The van der Waals surface area contributed by atoms with Crippen molar-refractivity contribution in [3.05, 3.63) is 104 Å². The van der Waals surface area contributed by atoms with Gasteiger partial charge in [-0.3, -0.25) is 0 Å². The van der Waals surface area contributed by atoms with Crippen LogP contribution in [-0.4, -0.2) is 42.7 Å². The lowest BCUT2D eigenvalue weighted by Gasteiger charge is -2.29. The van der Waals surface area contributed by atoms with Gasteiger partial charge >= 0.3 is 0 Å². The fraction of sp³-hybridized carbons (Fsp3) is 0.294. The van der Waals surface area contributed by atoms with Crippen LogP contribution in [0.15, 0.2) is 81.7 Å². The maximum Gasteiger partial charge on any atom is 0.204 e. The van der Waals surface area contributed by atoms with E-state index in [0.717, 1.165) is 22.3 Å². The van der Waals surface area contributed by atoms with Gasteiger partial charge in [0, 0.05) is 0 Å². The molecular weight excluding hydrogens is 696 g/mol. The first-order valence-corrected chi connectivity index (χ1v) is 15.3. The van der Waals surface area contributed by atoms with Crippen LogP contribution in [0.5, 0.6) is 34.5 Å². The van der Waals surface area contributed by atoms with Gasteiger partial charge in [0.25, 0.3) is 0 Å². The SMILES string of the molecule is COc1cc(CO[C@H](c2ccccc2)[C@H](OCc2cc(OC)c(OC)c(OC)c2Br)c2ccccc2)c(Br)c(OC)c1OC. The Morgan fingerprint density at radius 1 is 0.477 bits per heavy atom. The molecule has 0 aliphatic carbocycles. The van der Waals surface area contributed by atoms with Crippen molar-refractivity contribution >= 4 is 31.9 Å². The minimum absolute atomic E-state index is 0.220. The molecule has 4 aromatic carbocycles. The van der Waals surface area contributed by atoms with E-state index in [-0.39, 0.29) is 13.2 Å². The van der Waals surface area contributed by atoms with Crippen LogP contribution in [0.1, 0.15) is 34.5 Å². The van der Waals surface area contributed by atoms with Gasteiger partial charge in [0.15, 0.2) is 23.0 Å². The van der Waals surface area contributed by atoms with Gasteiger partial charge in [-0.05, 0) is 66.2 Å². The molecule has 0 heterocycles. The molecular formula is C34H36Br2O8. The quantitative estimate of drug-likeness (QED) is 0.121. The van der Waals surface area contributed by atoms with E-state index in [1.54, 1.807) is 42.7 Å². The Bertz CT molecular complexity index is 1400. The van der Waals surface area contributed by atoms with Gasteiger partial charge in [0.1, 0.15) is 12.2 Å². The zero-order valence-electron chi connectivity index (χ0n) is 25.5. The third-order valence-electron chi connectivity index (χ3n) is 7.06. The largest absolute Gasteiger partial charge is 0.493 e. The molecule has 234 valence electrons. The number of rotatable bonds is 15. The molecule has 10 heteroatoms. The van der Waals surface area contributed by atoms with Crippen molar-refractivity contribution in [1.29, 1.82) is 0 Å². The van der Waals surface area contributed by atoms with E-state index in [9.17, 15) is 0 Å². The summed E-state index contributed by atoms with van der Waals surface area (Å²) in [6.07, 6.45) is -0.990. The molecule has 4 rings (SSSR count). The summed E-state index contributed by atoms with van der Waals surface area (Å²) < 4.78 is 48.5. The molecule has 44 heavy (non-hydrogen) atoms. The van der Waals surface area contributed by atoms with Crippen molar-refractivity contribution in [2.24, 2.45) is 0 Å². The molecule has 0 aliphatic rings. The van der Waals surface area contributed by atoms with Gasteiger partial charge in [-0.2, -0.15) is 0 Å². The fourth-order valence-electron chi connectivity index (χ4n) is 4.91. The van der Waals surface area contributed by atoms with E-state index in [1.165, 1.54) is 0 Å². The average Bonchev–Trinajstić information content (AvgIpc) is 3.07. The van der Waals surface area contributed by atoms with Crippen molar-refractivity contribution in [2.45, 2.75) is 25.4 Å². The minimum atomic E-state index is -0.495. The molecule has 0 bridgehead atoms. The third kappa shape index (κ3) is 7.26. The van der Waals surface area contributed by atoms with E-state index in [2.05, 4.69) is 31.9 Å². The fourth-order valence-corrected chi connectivity index (χ4v) is 6.06. The van der Waals surface area contributed by atoms with Crippen LogP contribution in [0.4, 0.5) is 0 Å². The van der Waals surface area contributed by atoms with E-state index in [0.29, 0.717) is 43.4 Å². The van der Waals surface area contributed by atoms with Crippen LogP contribution < -0.4 is 28.4 Å². The first kappa shape index (κ1) is 33.5. The van der Waals surface area contributed by atoms with Crippen molar-refractivity contribution in [2.75, 3.05) is 42.7 Å². The summed E-state index contributed by atoms with van der Waals surface area (Å²) in [4.78, 5) is 0. The maximum atomic E-state index is 6.74. The topological polar surface area (TPSA) is 73.8 Å². The van der Waals surface area contributed by atoms with Crippen LogP contribution in [0, 0.1) is 0 Å². The number of methoxy groups -OCH3 is 6. The molecule has 0 aliphatic heterocycles. The zero-order valence-corrected chi connectivity index (χ0v) is 28.7. The number of benzene rings is 4. The molecule has 0 saturated heterocycles. The summed E-state index contributed by atoms with van der Waals surface area (Å²) in [6, 6.07) is 23.8. The molecule has 0 radical (unpaired) electrons. The second-order valence-electron chi connectivity index (χ2n) is 9.52. The number of halogens is 2. The summed E-state index contributed by atoms with van der Waals surface area (Å²) in [5.41, 5.74) is 3.54. The van der Waals surface area contributed by atoms with Gasteiger partial charge in [0.05, 0.1) is 64.8 Å². The molecule has 2 atom stereocenters. The van der Waals surface area contributed by atoms with E-state index >= 15 is 0 Å². The van der Waals surface area contributed by atoms with Crippen LogP contribution in [0.25, 0.3) is 0 Å². The summed E-state index contributed by atoms with van der Waals surface area (Å²) >= 11 is 7.36. The summed E-state index contributed by atoms with van der Waals surface area (Å²) in [5, 5.41) is 0. The molecule has 0 amide bonds. The number of ether oxygens (including phenoxy) is 8. The highest BCUT2D eigenvalue weighted by Crippen LogP contribution is 2.47. The zero-order chi connectivity index (χ0) is 31.6. The molecule has 0 unspecified atom stereocenters. The van der Waals surface area contributed by atoms with Crippen LogP contribution in [-0.2, 0) is 22.7 Å². The molecule has 0 fully saturated rings. The lowest BCUT2D eigenvalue weighted by molar-refractivity contribution is -0.0911. The second kappa shape index (κ2) is 16.0. The highest BCUT2D eigenvalue weighted by molar-refractivity contribution is 9.11. The molecule has 0 spiro atoms. The smallest absolute Gasteiger partial charge is 0.204 e. The first-order valence-electron chi connectivity index (χ1n) is 13.7. The lowest BCUT2D eigenvalue weighted by Crippen LogP contribution is -2.18. The monoisotopic (exact) mass is 730 g/mol. The Morgan fingerprint density at radius 3 is 1.11 bits per heavy atom. The standard InChI is InChI=1S/C34H36Br2O8/c1-37-25-17-23(27(35)33(41-5)31(25)39-3)19-43-29(21-13-9-7-10-14-21)30(22-15-11-8-12-16-22)44-20-24-18-26(38-2)32(40-4)34(42-6)28(24)36/h7-18,29-30H,19-20H2,1-6H3/t29-,30-/m1/s1. The van der Waals surface area contributed by atoms with E-state index in [1.807, 2.05) is 72.8 Å². The third-order valence-corrected chi connectivity index (χ3v) is 8.80. The Balaban J connectivity index is 1.75. The normalized spacial score (nSPS) is 12.3. The van der Waals surface area contributed by atoms with Crippen molar-refractivity contribution in [1.82, 2.24) is 0 Å². The van der Waals surface area contributed by atoms with Gasteiger partial charge < -0.3 is 37.9 Å². The lowest BCUT2D eigenvalue weighted by atomic mass is 9.97. The maximum absolute atomic E-state index is 6.74. The molecule has 8 nitrogen and oxygen atoms in total. The Morgan fingerprint density at radius 2 is 0.818 bits per heavy atom. The van der Waals surface area contributed by atoms with Gasteiger partial charge in [-0.15, -0.1) is 0 Å². The van der Waals surface area contributed by atoms with Crippen molar-refractivity contribution < 1.29 is 37.9 Å². The minimum Gasteiger partial charge on any atom is -0.493 e. The second-order valence-corrected chi connectivity index (χ2v) is 11.1. The van der Waals surface area contributed by atoms with E-state index < -0.39 is 12.2 Å². The van der Waals surface area contributed by atoms with E-state index in [4.69, 9.17) is 37.9 Å². The van der Waals surface area contributed by atoms with Crippen molar-refractivity contribution in [3.8, 4) is 34.5 Å². The summed E-state index contributed by atoms with van der Waals surface area (Å²) in [5.74, 6) is 3.09. The first-order chi connectivity index (χ1) is 21.4. The number of hydrogen-bond donors (Lipinski definition) is 0. The Hall–Kier alpha value is -3.44.